The normalized spacial score (nSPS) is 22.2. The van der Waals surface area contributed by atoms with Crippen LogP contribution in [0.15, 0.2) is 18.2 Å². The summed E-state index contributed by atoms with van der Waals surface area (Å²) in [6.07, 6.45) is 0. The largest absolute Gasteiger partial charge is 0.398 e. The molecule has 1 atom stereocenters. The Labute approximate surface area is 101 Å². The number of nitrogens with zero attached hydrogens (tertiary/aromatic N) is 1. The summed E-state index contributed by atoms with van der Waals surface area (Å²) in [4.78, 5) is 2.39. The number of nitrogens with two attached hydrogens (primary N) is 1. The summed E-state index contributed by atoms with van der Waals surface area (Å²) in [5, 5.41) is 0.637. The van der Waals surface area contributed by atoms with Crippen LogP contribution in [0.4, 0.5) is 5.69 Å². The fourth-order valence-corrected chi connectivity index (χ4v) is 2.10. The van der Waals surface area contributed by atoms with Gasteiger partial charge in [-0.15, -0.1) is 0 Å². The molecule has 0 amide bonds. The second kappa shape index (κ2) is 5.04. The third-order valence-corrected chi connectivity index (χ3v) is 3.28. The van der Waals surface area contributed by atoms with E-state index in [1.807, 2.05) is 18.2 Å². The van der Waals surface area contributed by atoms with E-state index < -0.39 is 0 Å². The number of hydrogen-bond donors (Lipinski definition) is 1. The van der Waals surface area contributed by atoms with Crippen molar-refractivity contribution in [2.75, 3.05) is 25.5 Å². The zero-order chi connectivity index (χ0) is 11.5. The van der Waals surface area contributed by atoms with Crippen LogP contribution in [0.25, 0.3) is 0 Å². The van der Waals surface area contributed by atoms with Gasteiger partial charge >= 0.3 is 0 Å². The van der Waals surface area contributed by atoms with E-state index >= 15 is 0 Å². The molecule has 0 aliphatic carbocycles. The Hall–Kier alpha value is -0.770. The first kappa shape index (κ1) is 11.7. The molecule has 1 heterocycles. The van der Waals surface area contributed by atoms with E-state index in [9.17, 15) is 0 Å². The molecule has 0 bridgehead atoms. The van der Waals surface area contributed by atoms with Crippen LogP contribution in [0, 0.1) is 0 Å². The van der Waals surface area contributed by atoms with Gasteiger partial charge in [0, 0.05) is 19.1 Å². The van der Waals surface area contributed by atoms with Gasteiger partial charge in [-0.05, 0) is 24.6 Å². The summed E-state index contributed by atoms with van der Waals surface area (Å²) in [6.45, 7) is 5.68. The molecule has 3 nitrogen and oxygen atoms in total. The van der Waals surface area contributed by atoms with Crippen molar-refractivity contribution in [3.05, 3.63) is 28.8 Å². The number of morpholine rings is 1. The standard InChI is InChI=1S/C12H17ClN2O/c1-9-8-16-5-4-15(9)7-10-2-3-12(14)11(13)6-10/h2-3,6,9H,4-5,7-8,14H2,1H3. The summed E-state index contributed by atoms with van der Waals surface area (Å²) in [5.74, 6) is 0. The number of anilines is 1. The lowest BCUT2D eigenvalue weighted by molar-refractivity contribution is -0.00436. The topological polar surface area (TPSA) is 38.5 Å². The van der Waals surface area contributed by atoms with Gasteiger partial charge in [0.1, 0.15) is 0 Å². The number of hydrogen-bond acceptors (Lipinski definition) is 3. The molecule has 0 spiro atoms. The molecule has 0 aromatic heterocycles. The van der Waals surface area contributed by atoms with Crippen LogP contribution >= 0.6 is 11.6 Å². The maximum atomic E-state index is 6.00. The molecular weight excluding hydrogens is 224 g/mol. The van der Waals surface area contributed by atoms with E-state index in [1.165, 1.54) is 5.56 Å². The van der Waals surface area contributed by atoms with Crippen molar-refractivity contribution in [1.29, 1.82) is 0 Å². The molecule has 4 heteroatoms. The van der Waals surface area contributed by atoms with Gasteiger partial charge in [-0.2, -0.15) is 0 Å². The SMILES string of the molecule is CC1COCCN1Cc1ccc(N)c(Cl)c1. The predicted molar refractivity (Wildman–Crippen MR) is 66.6 cm³/mol. The van der Waals surface area contributed by atoms with E-state index in [0.717, 1.165) is 26.3 Å². The highest BCUT2D eigenvalue weighted by atomic mass is 35.5. The van der Waals surface area contributed by atoms with Crippen molar-refractivity contribution in [3.63, 3.8) is 0 Å². The Morgan fingerprint density at radius 2 is 2.38 bits per heavy atom. The molecule has 0 radical (unpaired) electrons. The van der Waals surface area contributed by atoms with Crippen LogP contribution in [0.1, 0.15) is 12.5 Å². The summed E-state index contributed by atoms with van der Waals surface area (Å²) in [5.41, 5.74) is 7.52. The highest BCUT2D eigenvalue weighted by Gasteiger charge is 2.18. The van der Waals surface area contributed by atoms with Crippen molar-refractivity contribution in [1.82, 2.24) is 4.90 Å². The average Bonchev–Trinajstić information content (AvgIpc) is 2.27. The summed E-state index contributed by atoms with van der Waals surface area (Å²) < 4.78 is 5.40. The van der Waals surface area contributed by atoms with Gasteiger partial charge < -0.3 is 10.5 Å². The molecule has 1 unspecified atom stereocenters. The van der Waals surface area contributed by atoms with Crippen LogP contribution in [-0.2, 0) is 11.3 Å². The molecule has 0 saturated carbocycles. The van der Waals surface area contributed by atoms with Crippen molar-refractivity contribution in [2.45, 2.75) is 19.5 Å². The van der Waals surface area contributed by atoms with Gasteiger partial charge in [-0.3, -0.25) is 4.90 Å². The Balaban J connectivity index is 2.05. The van der Waals surface area contributed by atoms with Gasteiger partial charge in [0.15, 0.2) is 0 Å². The first-order valence-corrected chi connectivity index (χ1v) is 5.90. The molecule has 1 aromatic rings. The number of rotatable bonds is 2. The monoisotopic (exact) mass is 240 g/mol. The molecule has 88 valence electrons. The molecule has 1 aromatic carbocycles. The lowest BCUT2D eigenvalue weighted by Gasteiger charge is -2.33. The minimum atomic E-state index is 0.463. The van der Waals surface area contributed by atoms with Crippen LogP contribution < -0.4 is 5.73 Å². The molecule has 1 aliphatic heterocycles. The average molecular weight is 241 g/mol. The molecule has 1 aliphatic rings. The van der Waals surface area contributed by atoms with Crippen molar-refractivity contribution in [3.8, 4) is 0 Å². The van der Waals surface area contributed by atoms with E-state index in [0.29, 0.717) is 16.8 Å². The van der Waals surface area contributed by atoms with Crippen LogP contribution in [0.5, 0.6) is 0 Å². The third kappa shape index (κ3) is 2.67. The summed E-state index contributed by atoms with van der Waals surface area (Å²) in [7, 11) is 0. The second-order valence-electron chi connectivity index (χ2n) is 4.25. The molecule has 2 N–H and O–H groups in total. The van der Waals surface area contributed by atoms with E-state index in [4.69, 9.17) is 22.1 Å². The van der Waals surface area contributed by atoms with Gasteiger partial charge in [-0.25, -0.2) is 0 Å². The number of benzene rings is 1. The lowest BCUT2D eigenvalue weighted by Crippen LogP contribution is -2.42. The van der Waals surface area contributed by atoms with Gasteiger partial charge in [0.05, 0.1) is 23.9 Å². The Bertz CT molecular complexity index is 370. The predicted octanol–water partition coefficient (Wildman–Crippen LogP) is 2.14. The minimum Gasteiger partial charge on any atom is -0.398 e. The van der Waals surface area contributed by atoms with Crippen LogP contribution in [-0.4, -0.2) is 30.7 Å². The zero-order valence-corrected chi connectivity index (χ0v) is 10.2. The Morgan fingerprint density at radius 1 is 1.56 bits per heavy atom. The summed E-state index contributed by atoms with van der Waals surface area (Å²) >= 11 is 6.00. The van der Waals surface area contributed by atoms with Crippen molar-refractivity contribution in [2.24, 2.45) is 0 Å². The van der Waals surface area contributed by atoms with E-state index in [1.54, 1.807) is 0 Å². The maximum absolute atomic E-state index is 6.00. The van der Waals surface area contributed by atoms with Crippen LogP contribution in [0.2, 0.25) is 5.02 Å². The molecular formula is C12H17ClN2O. The Kier molecular flexibility index (Phi) is 3.69. The van der Waals surface area contributed by atoms with Crippen molar-refractivity contribution >= 4 is 17.3 Å². The van der Waals surface area contributed by atoms with Gasteiger partial charge in [0.25, 0.3) is 0 Å². The second-order valence-corrected chi connectivity index (χ2v) is 4.66. The maximum Gasteiger partial charge on any atom is 0.0638 e. The third-order valence-electron chi connectivity index (χ3n) is 2.96. The zero-order valence-electron chi connectivity index (χ0n) is 9.45. The van der Waals surface area contributed by atoms with Gasteiger partial charge in [0.2, 0.25) is 0 Å². The first-order valence-electron chi connectivity index (χ1n) is 5.52. The fourth-order valence-electron chi connectivity index (χ4n) is 1.90. The first-order chi connectivity index (χ1) is 7.66. The molecule has 1 fully saturated rings. The molecule has 16 heavy (non-hydrogen) atoms. The Morgan fingerprint density at radius 3 is 3.06 bits per heavy atom. The van der Waals surface area contributed by atoms with E-state index in [2.05, 4.69) is 11.8 Å². The quantitative estimate of drug-likeness (QED) is 0.805. The highest BCUT2D eigenvalue weighted by Crippen LogP contribution is 2.21. The highest BCUT2D eigenvalue weighted by molar-refractivity contribution is 6.33. The number of ether oxygens (including phenoxy) is 1. The van der Waals surface area contributed by atoms with E-state index in [-0.39, 0.29) is 0 Å². The van der Waals surface area contributed by atoms with Crippen LogP contribution in [0.3, 0.4) is 0 Å². The summed E-state index contributed by atoms with van der Waals surface area (Å²) in [6, 6.07) is 6.30. The van der Waals surface area contributed by atoms with Crippen molar-refractivity contribution < 1.29 is 4.74 Å². The minimum absolute atomic E-state index is 0.463. The number of halogens is 1. The molecule has 1 saturated heterocycles. The fraction of sp³-hybridized carbons (Fsp3) is 0.500. The smallest absolute Gasteiger partial charge is 0.0638 e. The van der Waals surface area contributed by atoms with Gasteiger partial charge in [-0.1, -0.05) is 17.7 Å². The molecule has 2 rings (SSSR count). The lowest BCUT2D eigenvalue weighted by atomic mass is 10.1. The number of nitrogen functional groups attached to an aromatic ring is 1.